The van der Waals surface area contributed by atoms with Crippen LogP contribution in [0.1, 0.15) is 30.0 Å². The molecule has 1 aliphatic rings. The van der Waals surface area contributed by atoms with E-state index in [1.165, 1.54) is 23.1 Å². The lowest BCUT2D eigenvalue weighted by molar-refractivity contribution is 0.244. The second kappa shape index (κ2) is 9.26. The lowest BCUT2D eigenvalue weighted by atomic mass is 9.94. The summed E-state index contributed by atoms with van der Waals surface area (Å²) in [6.07, 6.45) is 0. The molecule has 2 heterocycles. The minimum Gasteiger partial charge on any atom is -0.497 e. The van der Waals surface area contributed by atoms with Crippen LogP contribution in [-0.4, -0.2) is 23.3 Å². The van der Waals surface area contributed by atoms with E-state index in [2.05, 4.69) is 15.5 Å². The summed E-state index contributed by atoms with van der Waals surface area (Å²) in [5, 5.41) is 7.04. The summed E-state index contributed by atoms with van der Waals surface area (Å²) < 4.78 is 38.9. The maximum absolute atomic E-state index is 14.4. The maximum Gasteiger partial charge on any atom is 0.327 e. The number of nitrogens with zero attached hydrogens (tertiary/aromatic N) is 3. The fourth-order valence-corrected chi connectivity index (χ4v) is 4.15. The Hall–Kier alpha value is -4.53. The van der Waals surface area contributed by atoms with Crippen molar-refractivity contribution in [2.45, 2.75) is 19.9 Å². The zero-order valence-corrected chi connectivity index (χ0v) is 19.8. The molecular weight excluding hydrogens is 466 g/mol. The Morgan fingerprint density at radius 3 is 2.39 bits per heavy atom. The van der Waals surface area contributed by atoms with Crippen molar-refractivity contribution in [3.8, 4) is 17.1 Å². The van der Waals surface area contributed by atoms with Crippen LogP contribution in [0.5, 0.6) is 5.75 Å². The Bertz CT molecular complexity index is 1460. The number of ether oxygens (including phenoxy) is 1. The monoisotopic (exact) mass is 488 g/mol. The number of aromatic nitrogens is 2. The molecule has 1 atom stereocenters. The number of urea groups is 1. The highest BCUT2D eigenvalue weighted by molar-refractivity contribution is 6.01. The number of carbonyl (C=O) groups excluding carboxylic acids is 1. The summed E-state index contributed by atoms with van der Waals surface area (Å²) in [4.78, 5) is 19.2. The van der Waals surface area contributed by atoms with Crippen LogP contribution in [0.2, 0.25) is 0 Å². The maximum atomic E-state index is 14.4. The molecule has 3 aromatic carbocycles. The first-order chi connectivity index (χ1) is 17.4. The number of carbonyl (C=O) groups is 1. The highest BCUT2D eigenvalue weighted by atomic mass is 19.1. The highest BCUT2D eigenvalue weighted by Gasteiger charge is 2.36. The topological polar surface area (TPSA) is 80.5 Å². The lowest BCUT2D eigenvalue weighted by Crippen LogP contribution is -2.46. The first kappa shape index (κ1) is 23.2. The average Bonchev–Trinajstić information content (AvgIpc) is 3.36. The summed E-state index contributed by atoms with van der Waals surface area (Å²) in [5.41, 5.74) is 3.12. The molecule has 9 heteroatoms. The van der Waals surface area contributed by atoms with Gasteiger partial charge in [-0.3, -0.25) is 4.90 Å². The van der Waals surface area contributed by atoms with Crippen LogP contribution in [-0.2, 0) is 0 Å². The lowest BCUT2D eigenvalue weighted by Gasteiger charge is -2.35. The Morgan fingerprint density at radius 2 is 1.72 bits per heavy atom. The van der Waals surface area contributed by atoms with Crippen LogP contribution < -0.4 is 15.0 Å². The van der Waals surface area contributed by atoms with E-state index >= 15 is 0 Å². The van der Waals surface area contributed by atoms with Gasteiger partial charge >= 0.3 is 6.03 Å². The molecule has 0 aliphatic carbocycles. The van der Waals surface area contributed by atoms with Gasteiger partial charge in [0.2, 0.25) is 5.82 Å². The first-order valence-corrected chi connectivity index (χ1v) is 11.2. The molecule has 0 bridgehead atoms. The molecule has 0 saturated carbocycles. The van der Waals surface area contributed by atoms with Crippen molar-refractivity contribution >= 4 is 17.3 Å². The number of hydrogen-bond donors (Lipinski definition) is 1. The molecule has 0 radical (unpaired) electrons. The highest BCUT2D eigenvalue weighted by Crippen LogP contribution is 2.39. The van der Waals surface area contributed by atoms with Gasteiger partial charge in [-0.05, 0) is 73.5 Å². The average molecular weight is 488 g/mol. The van der Waals surface area contributed by atoms with Crippen LogP contribution in [0.25, 0.3) is 17.0 Å². The van der Waals surface area contributed by atoms with Crippen LogP contribution >= 0.6 is 0 Å². The van der Waals surface area contributed by atoms with Crippen molar-refractivity contribution in [1.29, 1.82) is 0 Å². The number of anilines is 1. The largest absolute Gasteiger partial charge is 0.497 e. The second-order valence-corrected chi connectivity index (χ2v) is 8.35. The molecule has 1 unspecified atom stereocenters. The van der Waals surface area contributed by atoms with Crippen molar-refractivity contribution in [1.82, 2.24) is 15.5 Å². The molecule has 0 saturated heterocycles. The third-order valence-corrected chi connectivity index (χ3v) is 6.11. The van der Waals surface area contributed by atoms with Crippen molar-refractivity contribution in [3.63, 3.8) is 0 Å². The summed E-state index contributed by atoms with van der Waals surface area (Å²) in [7, 11) is 1.58. The van der Waals surface area contributed by atoms with Gasteiger partial charge in [0.25, 0.3) is 5.89 Å². The normalized spacial score (nSPS) is 15.8. The van der Waals surface area contributed by atoms with Gasteiger partial charge in [-0.1, -0.05) is 23.4 Å². The molecule has 5 rings (SSSR count). The Labute approximate surface area is 206 Å². The molecule has 7 nitrogen and oxygen atoms in total. The molecule has 1 aromatic heterocycles. The van der Waals surface area contributed by atoms with Gasteiger partial charge in [0.15, 0.2) is 0 Å². The Balaban J connectivity index is 1.64. The molecule has 0 spiro atoms. The Morgan fingerprint density at radius 1 is 1.00 bits per heavy atom. The van der Waals surface area contributed by atoms with Crippen LogP contribution in [0, 0.1) is 18.6 Å². The number of benzene rings is 3. The summed E-state index contributed by atoms with van der Waals surface area (Å²) in [6, 6.07) is 16.3. The van der Waals surface area contributed by atoms with Gasteiger partial charge in [-0.2, -0.15) is 4.98 Å². The molecule has 182 valence electrons. The smallest absolute Gasteiger partial charge is 0.327 e. The number of methoxy groups -OCH3 is 1. The molecule has 36 heavy (non-hydrogen) atoms. The number of halogens is 2. The predicted octanol–water partition coefficient (Wildman–Crippen LogP) is 6.03. The SMILES string of the molecule is COc1ccc(-c2noc(C3=C(C)N(c4ccc(C)c(F)c4)C(=O)NC3c3ccc(F)cc3)n2)cc1. The van der Waals surface area contributed by atoms with Gasteiger partial charge in [-0.15, -0.1) is 0 Å². The third kappa shape index (κ3) is 4.19. The van der Waals surface area contributed by atoms with Crippen LogP contribution in [0.4, 0.5) is 19.3 Å². The molecule has 1 aliphatic heterocycles. The molecule has 1 N–H and O–H groups in total. The van der Waals surface area contributed by atoms with E-state index in [0.717, 1.165) is 0 Å². The van der Waals surface area contributed by atoms with Crippen molar-refractivity contribution in [3.05, 3.63) is 101 Å². The van der Waals surface area contributed by atoms with E-state index in [9.17, 15) is 13.6 Å². The second-order valence-electron chi connectivity index (χ2n) is 8.35. The van der Waals surface area contributed by atoms with Crippen molar-refractivity contribution in [2.75, 3.05) is 12.0 Å². The van der Waals surface area contributed by atoms with Gasteiger partial charge in [-0.25, -0.2) is 13.6 Å². The minimum atomic E-state index is -0.700. The quantitative estimate of drug-likeness (QED) is 0.371. The van der Waals surface area contributed by atoms with Gasteiger partial charge in [0.05, 0.1) is 24.4 Å². The van der Waals surface area contributed by atoms with Crippen LogP contribution in [0.15, 0.2) is 77.0 Å². The third-order valence-electron chi connectivity index (χ3n) is 6.11. The van der Waals surface area contributed by atoms with Crippen LogP contribution in [0.3, 0.4) is 0 Å². The first-order valence-electron chi connectivity index (χ1n) is 11.2. The van der Waals surface area contributed by atoms with E-state index in [0.29, 0.717) is 45.2 Å². The zero-order chi connectivity index (χ0) is 25.4. The van der Waals surface area contributed by atoms with E-state index in [1.807, 2.05) is 0 Å². The van der Waals surface area contributed by atoms with Crippen molar-refractivity contribution < 1.29 is 22.8 Å². The Kier molecular flexibility index (Phi) is 5.97. The minimum absolute atomic E-state index is 0.172. The number of allylic oxidation sites excluding steroid dienone is 1. The van der Waals surface area contributed by atoms with E-state index in [1.54, 1.807) is 69.5 Å². The fourth-order valence-electron chi connectivity index (χ4n) is 4.15. The summed E-state index contributed by atoms with van der Waals surface area (Å²) >= 11 is 0. The van der Waals surface area contributed by atoms with Gasteiger partial charge in [0.1, 0.15) is 17.4 Å². The van der Waals surface area contributed by atoms with Gasteiger partial charge in [0, 0.05) is 11.3 Å². The predicted molar refractivity (Wildman–Crippen MR) is 130 cm³/mol. The number of amides is 2. The van der Waals surface area contributed by atoms with E-state index in [-0.39, 0.29) is 5.89 Å². The molecular formula is C27H22F2N4O3. The number of nitrogens with one attached hydrogen (secondary N) is 1. The van der Waals surface area contributed by atoms with E-state index in [4.69, 9.17) is 9.26 Å². The number of hydrogen-bond acceptors (Lipinski definition) is 5. The standard InChI is InChI=1S/C27H22F2N4O3/c1-15-4-11-20(14-22(15)29)33-16(2)23(24(30-27(33)34)17-5-9-19(28)10-6-17)26-31-25(32-36-26)18-7-12-21(35-3)13-8-18/h4-14,24H,1-3H3,(H,30,34). The summed E-state index contributed by atoms with van der Waals surface area (Å²) in [5.74, 6) is 0.364. The molecule has 4 aromatic rings. The number of rotatable bonds is 5. The summed E-state index contributed by atoms with van der Waals surface area (Å²) in [6.45, 7) is 3.37. The van der Waals surface area contributed by atoms with Gasteiger partial charge < -0.3 is 14.6 Å². The zero-order valence-electron chi connectivity index (χ0n) is 19.8. The van der Waals surface area contributed by atoms with E-state index < -0.39 is 23.7 Å². The van der Waals surface area contributed by atoms with Crippen molar-refractivity contribution in [2.24, 2.45) is 0 Å². The molecule has 2 amide bonds. The fraction of sp³-hybridized carbons (Fsp3) is 0.148. The molecule has 0 fully saturated rings. The number of aryl methyl sites for hydroxylation is 1.